The Morgan fingerprint density at radius 1 is 1.38 bits per heavy atom. The molecule has 0 saturated heterocycles. The fourth-order valence-corrected chi connectivity index (χ4v) is 3.12. The van der Waals surface area contributed by atoms with Crippen LogP contribution in [0.25, 0.3) is 0 Å². The second-order valence-electron chi connectivity index (χ2n) is 5.60. The van der Waals surface area contributed by atoms with Crippen LogP contribution in [-0.4, -0.2) is 33.2 Å². The van der Waals surface area contributed by atoms with Crippen LogP contribution >= 0.6 is 11.8 Å². The zero-order valence-electron chi connectivity index (χ0n) is 14.7. The molecular weight excluding hydrogens is 354 g/mol. The summed E-state index contributed by atoms with van der Waals surface area (Å²) in [5, 5.41) is 10.1. The number of amides is 1. The van der Waals surface area contributed by atoms with E-state index in [1.165, 1.54) is 18.1 Å². The van der Waals surface area contributed by atoms with Crippen LogP contribution in [0.1, 0.15) is 33.1 Å². The lowest BCUT2D eigenvalue weighted by atomic mass is 10.1. The van der Waals surface area contributed by atoms with Gasteiger partial charge in [0.2, 0.25) is 5.88 Å². The van der Waals surface area contributed by atoms with Gasteiger partial charge in [-0.25, -0.2) is 9.97 Å². The lowest BCUT2D eigenvalue weighted by molar-refractivity contribution is 0.0921. The second-order valence-corrected chi connectivity index (χ2v) is 6.56. The molecule has 3 rings (SSSR count). The number of nitrogens with zero attached hydrogens (tertiary/aromatic N) is 3. The summed E-state index contributed by atoms with van der Waals surface area (Å²) in [6.45, 7) is 4.17. The van der Waals surface area contributed by atoms with Crippen LogP contribution in [-0.2, 0) is 12.3 Å². The van der Waals surface area contributed by atoms with Gasteiger partial charge < -0.3 is 14.5 Å². The number of hydrogen-bond acceptors (Lipinski definition) is 7. The number of furan rings is 1. The fraction of sp³-hybridized carbons (Fsp3) is 0.294. The average Bonchev–Trinajstić information content (AvgIpc) is 3.29. The molecule has 0 unspecified atom stereocenters. The van der Waals surface area contributed by atoms with Crippen LogP contribution in [0, 0.1) is 13.8 Å². The number of methoxy groups -OCH3 is 1. The van der Waals surface area contributed by atoms with Crippen LogP contribution in [0.5, 0.6) is 5.88 Å². The number of hydrogen-bond donors (Lipinski definition) is 2. The van der Waals surface area contributed by atoms with Crippen molar-refractivity contribution < 1.29 is 13.9 Å². The molecule has 8 nitrogen and oxygen atoms in total. The topological polar surface area (TPSA) is 106 Å². The Bertz CT molecular complexity index is 892. The molecule has 0 saturated carbocycles. The second kappa shape index (κ2) is 8.05. The number of aryl methyl sites for hydroxylation is 2. The molecule has 0 aromatic carbocycles. The molecule has 26 heavy (non-hydrogen) atoms. The fourth-order valence-electron chi connectivity index (χ4n) is 2.45. The maximum absolute atomic E-state index is 12.3. The SMILES string of the molecule is COc1nc(C)cc(C)c1CNC(=O)c1ccc(CSc2ncn[nH]2)o1. The van der Waals surface area contributed by atoms with E-state index in [0.29, 0.717) is 29.1 Å². The van der Waals surface area contributed by atoms with Crippen LogP contribution in [0.3, 0.4) is 0 Å². The number of ether oxygens (including phenoxy) is 1. The molecule has 0 aliphatic heterocycles. The third kappa shape index (κ3) is 4.23. The number of pyridine rings is 1. The third-order valence-electron chi connectivity index (χ3n) is 3.69. The number of H-pyrrole nitrogens is 1. The minimum atomic E-state index is -0.289. The summed E-state index contributed by atoms with van der Waals surface area (Å²) in [7, 11) is 1.57. The quantitative estimate of drug-likeness (QED) is 0.613. The van der Waals surface area contributed by atoms with E-state index >= 15 is 0 Å². The largest absolute Gasteiger partial charge is 0.481 e. The van der Waals surface area contributed by atoms with Crippen LogP contribution in [0.4, 0.5) is 0 Å². The summed E-state index contributed by atoms with van der Waals surface area (Å²) < 4.78 is 10.9. The number of nitrogens with one attached hydrogen (secondary N) is 2. The van der Waals surface area contributed by atoms with Crippen LogP contribution in [0.2, 0.25) is 0 Å². The first-order chi connectivity index (χ1) is 12.6. The molecule has 3 aromatic heterocycles. The van der Waals surface area contributed by atoms with Crippen LogP contribution in [0.15, 0.2) is 34.1 Å². The van der Waals surface area contributed by atoms with Crippen molar-refractivity contribution in [1.29, 1.82) is 0 Å². The van der Waals surface area contributed by atoms with Gasteiger partial charge in [-0.05, 0) is 37.6 Å². The average molecular weight is 373 g/mol. The number of rotatable bonds is 7. The Kier molecular flexibility index (Phi) is 5.57. The molecule has 0 aliphatic carbocycles. The Morgan fingerprint density at radius 2 is 2.23 bits per heavy atom. The minimum Gasteiger partial charge on any atom is -0.481 e. The first-order valence-corrected chi connectivity index (χ1v) is 8.91. The Hall–Kier alpha value is -2.81. The van der Waals surface area contributed by atoms with Crippen molar-refractivity contribution in [3.63, 3.8) is 0 Å². The maximum atomic E-state index is 12.3. The van der Waals surface area contributed by atoms with Crippen molar-refractivity contribution >= 4 is 17.7 Å². The summed E-state index contributed by atoms with van der Waals surface area (Å²) in [5.74, 6) is 1.73. The van der Waals surface area contributed by atoms with Gasteiger partial charge in [0.05, 0.1) is 12.9 Å². The number of carbonyl (C=O) groups excluding carboxylic acids is 1. The molecule has 9 heteroatoms. The Balaban J connectivity index is 1.60. The van der Waals surface area contributed by atoms with Gasteiger partial charge in [0, 0.05) is 17.8 Å². The van der Waals surface area contributed by atoms with Gasteiger partial charge in [0.25, 0.3) is 5.91 Å². The minimum absolute atomic E-state index is 0.259. The molecule has 3 heterocycles. The molecule has 0 aliphatic rings. The standard InChI is InChI=1S/C17H19N5O3S/c1-10-6-11(2)21-16(24-3)13(10)7-18-15(23)14-5-4-12(25-14)8-26-17-19-9-20-22-17/h4-6,9H,7-8H2,1-3H3,(H,18,23)(H,19,20,22). The smallest absolute Gasteiger partial charge is 0.287 e. The van der Waals surface area contributed by atoms with Crippen molar-refractivity contribution in [2.45, 2.75) is 31.3 Å². The monoisotopic (exact) mass is 373 g/mol. The highest BCUT2D eigenvalue weighted by atomic mass is 32.2. The first kappa shape index (κ1) is 18.0. The van der Waals surface area contributed by atoms with Gasteiger partial charge in [0.15, 0.2) is 10.9 Å². The maximum Gasteiger partial charge on any atom is 0.287 e. The lowest BCUT2D eigenvalue weighted by Gasteiger charge is -2.12. The van der Waals surface area contributed by atoms with Crippen molar-refractivity contribution in [2.24, 2.45) is 0 Å². The zero-order valence-corrected chi connectivity index (χ0v) is 15.5. The van der Waals surface area contributed by atoms with Gasteiger partial charge >= 0.3 is 0 Å². The van der Waals surface area contributed by atoms with E-state index in [0.717, 1.165) is 16.8 Å². The van der Waals surface area contributed by atoms with Crippen molar-refractivity contribution in [1.82, 2.24) is 25.5 Å². The summed E-state index contributed by atoms with van der Waals surface area (Å²) in [6, 6.07) is 5.39. The molecule has 3 aromatic rings. The summed E-state index contributed by atoms with van der Waals surface area (Å²) in [5.41, 5.74) is 2.73. The molecular formula is C17H19N5O3S. The van der Waals surface area contributed by atoms with Gasteiger partial charge in [-0.1, -0.05) is 11.8 Å². The van der Waals surface area contributed by atoms with E-state index in [9.17, 15) is 4.79 Å². The van der Waals surface area contributed by atoms with Crippen molar-refractivity contribution in [3.8, 4) is 5.88 Å². The van der Waals surface area contributed by atoms with E-state index < -0.39 is 0 Å². The number of carbonyl (C=O) groups is 1. The summed E-state index contributed by atoms with van der Waals surface area (Å²) in [6.07, 6.45) is 1.44. The predicted octanol–water partition coefficient (Wildman–Crippen LogP) is 2.64. The molecule has 0 spiro atoms. The van der Waals surface area contributed by atoms with E-state index in [-0.39, 0.29) is 11.7 Å². The zero-order chi connectivity index (χ0) is 18.5. The normalized spacial score (nSPS) is 10.7. The highest BCUT2D eigenvalue weighted by Crippen LogP contribution is 2.22. The number of aromatic amines is 1. The Labute approximate surface area is 154 Å². The Morgan fingerprint density at radius 3 is 2.96 bits per heavy atom. The molecule has 0 atom stereocenters. The highest BCUT2D eigenvalue weighted by molar-refractivity contribution is 7.98. The van der Waals surface area contributed by atoms with Gasteiger partial charge in [-0.15, -0.1) is 0 Å². The predicted molar refractivity (Wildman–Crippen MR) is 96.1 cm³/mol. The summed E-state index contributed by atoms with van der Waals surface area (Å²) in [4.78, 5) is 20.7. The van der Waals surface area contributed by atoms with E-state index in [1.54, 1.807) is 19.2 Å². The van der Waals surface area contributed by atoms with Crippen molar-refractivity contribution in [3.05, 3.63) is 52.9 Å². The first-order valence-electron chi connectivity index (χ1n) is 7.93. The van der Waals surface area contributed by atoms with E-state index in [2.05, 4.69) is 25.5 Å². The van der Waals surface area contributed by atoms with Gasteiger partial charge in [-0.3, -0.25) is 9.89 Å². The third-order valence-corrected chi connectivity index (χ3v) is 4.59. The van der Waals surface area contributed by atoms with E-state index in [4.69, 9.17) is 9.15 Å². The summed E-state index contributed by atoms with van der Waals surface area (Å²) >= 11 is 1.44. The van der Waals surface area contributed by atoms with Crippen molar-refractivity contribution in [2.75, 3.05) is 7.11 Å². The van der Waals surface area contributed by atoms with Crippen LogP contribution < -0.4 is 10.1 Å². The molecule has 0 bridgehead atoms. The molecule has 2 N–H and O–H groups in total. The molecule has 0 fully saturated rings. The lowest BCUT2D eigenvalue weighted by Crippen LogP contribution is -2.23. The highest BCUT2D eigenvalue weighted by Gasteiger charge is 2.15. The van der Waals surface area contributed by atoms with E-state index in [1.807, 2.05) is 19.9 Å². The molecule has 0 radical (unpaired) electrons. The number of aromatic nitrogens is 4. The van der Waals surface area contributed by atoms with Gasteiger partial charge in [-0.2, -0.15) is 5.10 Å². The van der Waals surface area contributed by atoms with Gasteiger partial charge in [0.1, 0.15) is 12.1 Å². The molecule has 1 amide bonds. The molecule has 136 valence electrons. The number of thioether (sulfide) groups is 1.